The monoisotopic (exact) mass is 296 g/mol. The molecule has 19 heavy (non-hydrogen) atoms. The zero-order valence-electron chi connectivity index (χ0n) is 10.9. The third-order valence-corrected chi connectivity index (χ3v) is 4.64. The van der Waals surface area contributed by atoms with Crippen LogP contribution in [0, 0.1) is 6.92 Å². The fourth-order valence-corrected chi connectivity index (χ4v) is 3.57. The number of thioether (sulfide) groups is 1. The zero-order valence-corrected chi connectivity index (χ0v) is 12.6. The Morgan fingerprint density at radius 3 is 3.05 bits per heavy atom. The molecule has 0 aromatic carbocycles. The third-order valence-electron chi connectivity index (χ3n) is 2.72. The number of carboxylic acid groups (broad SMARTS) is 1. The second-order valence-electron chi connectivity index (χ2n) is 4.20. The summed E-state index contributed by atoms with van der Waals surface area (Å²) in [7, 11) is 0. The Hall–Kier alpha value is -1.27. The van der Waals surface area contributed by atoms with Gasteiger partial charge in [0.05, 0.1) is 18.0 Å². The van der Waals surface area contributed by atoms with Gasteiger partial charge in [0, 0.05) is 11.1 Å². The number of hydrogen-bond donors (Lipinski definition) is 1. The van der Waals surface area contributed by atoms with Crippen LogP contribution >= 0.6 is 23.1 Å². The third kappa shape index (κ3) is 3.61. The fourth-order valence-electron chi connectivity index (χ4n) is 1.85. The standard InChI is InChI=1S/C13H16N2O2S2/c1-3-10-4-5-18-11(10)7-15-6-9(2)14-13(15)19-8-12(16)17/h4-6H,3,7-8H2,1-2H3,(H,16,17). The largest absolute Gasteiger partial charge is 0.481 e. The number of imidazole rings is 1. The molecule has 0 unspecified atom stereocenters. The predicted molar refractivity (Wildman–Crippen MR) is 78.1 cm³/mol. The summed E-state index contributed by atoms with van der Waals surface area (Å²) in [6.45, 7) is 4.84. The number of hydrogen-bond acceptors (Lipinski definition) is 4. The van der Waals surface area contributed by atoms with E-state index in [0.29, 0.717) is 0 Å². The van der Waals surface area contributed by atoms with Gasteiger partial charge >= 0.3 is 5.97 Å². The highest BCUT2D eigenvalue weighted by atomic mass is 32.2. The minimum atomic E-state index is -0.817. The van der Waals surface area contributed by atoms with Gasteiger partial charge < -0.3 is 9.67 Å². The van der Waals surface area contributed by atoms with Gasteiger partial charge in [-0.1, -0.05) is 18.7 Å². The Morgan fingerprint density at radius 2 is 2.37 bits per heavy atom. The van der Waals surface area contributed by atoms with E-state index in [1.807, 2.05) is 17.7 Å². The second-order valence-corrected chi connectivity index (χ2v) is 6.14. The first-order valence-electron chi connectivity index (χ1n) is 6.03. The van der Waals surface area contributed by atoms with Gasteiger partial charge in [-0.2, -0.15) is 0 Å². The van der Waals surface area contributed by atoms with Gasteiger partial charge in [-0.3, -0.25) is 4.79 Å². The molecule has 1 N–H and O–H groups in total. The maximum Gasteiger partial charge on any atom is 0.313 e. The van der Waals surface area contributed by atoms with Gasteiger partial charge in [-0.25, -0.2) is 4.98 Å². The lowest BCUT2D eigenvalue weighted by Gasteiger charge is -2.06. The molecule has 0 amide bonds. The SMILES string of the molecule is CCc1ccsc1Cn1cc(C)nc1SCC(=O)O. The van der Waals surface area contributed by atoms with E-state index in [1.165, 1.54) is 22.2 Å². The van der Waals surface area contributed by atoms with Gasteiger partial charge in [0.2, 0.25) is 0 Å². The fraction of sp³-hybridized carbons (Fsp3) is 0.385. The molecule has 0 spiro atoms. The van der Waals surface area contributed by atoms with Gasteiger partial charge in [-0.15, -0.1) is 11.3 Å². The Balaban J connectivity index is 2.17. The average molecular weight is 296 g/mol. The number of aliphatic carboxylic acids is 1. The van der Waals surface area contributed by atoms with Crippen molar-refractivity contribution >= 4 is 29.1 Å². The first-order chi connectivity index (χ1) is 9.10. The molecule has 2 heterocycles. The number of nitrogens with zero attached hydrogens (tertiary/aromatic N) is 2. The van der Waals surface area contributed by atoms with E-state index in [-0.39, 0.29) is 5.75 Å². The van der Waals surface area contributed by atoms with Crippen molar-refractivity contribution in [3.63, 3.8) is 0 Å². The summed E-state index contributed by atoms with van der Waals surface area (Å²) in [6.07, 6.45) is 2.99. The molecule has 0 aliphatic carbocycles. The number of carbonyl (C=O) groups is 1. The maximum absolute atomic E-state index is 10.7. The Kier molecular flexibility index (Phi) is 4.66. The van der Waals surface area contributed by atoms with Crippen molar-refractivity contribution in [2.24, 2.45) is 0 Å². The van der Waals surface area contributed by atoms with Crippen LogP contribution in [0.2, 0.25) is 0 Å². The molecule has 0 radical (unpaired) electrons. The molecule has 0 bridgehead atoms. The number of aromatic nitrogens is 2. The zero-order chi connectivity index (χ0) is 13.8. The molecule has 6 heteroatoms. The molecule has 0 aliphatic rings. The molecule has 0 atom stereocenters. The molecule has 0 aliphatic heterocycles. The maximum atomic E-state index is 10.7. The van der Waals surface area contributed by atoms with Crippen LogP contribution in [0.15, 0.2) is 22.8 Å². The van der Waals surface area contributed by atoms with Gasteiger partial charge in [0.1, 0.15) is 0 Å². The molecule has 2 aromatic rings. The van der Waals surface area contributed by atoms with E-state index in [2.05, 4.69) is 23.4 Å². The highest BCUT2D eigenvalue weighted by Gasteiger charge is 2.11. The summed E-state index contributed by atoms with van der Waals surface area (Å²) < 4.78 is 2.04. The summed E-state index contributed by atoms with van der Waals surface area (Å²) in [6, 6.07) is 2.15. The van der Waals surface area contributed by atoms with Gasteiger partial charge in [0.15, 0.2) is 5.16 Å². The lowest BCUT2D eigenvalue weighted by molar-refractivity contribution is -0.133. The van der Waals surface area contributed by atoms with Crippen LogP contribution in [0.3, 0.4) is 0 Å². The Bertz CT molecular complexity index is 575. The second kappa shape index (κ2) is 6.25. The predicted octanol–water partition coefficient (Wildman–Crippen LogP) is 3.04. The number of thiophene rings is 1. The van der Waals surface area contributed by atoms with Crippen molar-refractivity contribution in [3.05, 3.63) is 33.8 Å². The molecule has 102 valence electrons. The van der Waals surface area contributed by atoms with E-state index in [0.717, 1.165) is 23.8 Å². The van der Waals surface area contributed by atoms with Gasteiger partial charge in [0.25, 0.3) is 0 Å². The van der Waals surface area contributed by atoms with E-state index in [9.17, 15) is 4.79 Å². The number of aryl methyl sites for hydroxylation is 2. The van der Waals surface area contributed by atoms with Crippen LogP contribution in [0.1, 0.15) is 23.1 Å². The summed E-state index contributed by atoms with van der Waals surface area (Å²) in [5.74, 6) is -0.774. The van der Waals surface area contributed by atoms with Crippen LogP contribution in [0.25, 0.3) is 0 Å². The molecule has 0 saturated carbocycles. The average Bonchev–Trinajstić information content (AvgIpc) is 2.93. The normalized spacial score (nSPS) is 10.8. The van der Waals surface area contributed by atoms with Crippen LogP contribution in [0.4, 0.5) is 0 Å². The Morgan fingerprint density at radius 1 is 1.58 bits per heavy atom. The molecule has 4 nitrogen and oxygen atoms in total. The topological polar surface area (TPSA) is 55.1 Å². The van der Waals surface area contributed by atoms with Gasteiger partial charge in [-0.05, 0) is 30.4 Å². The summed E-state index contributed by atoms with van der Waals surface area (Å²) in [4.78, 5) is 16.4. The van der Waals surface area contributed by atoms with Crippen LogP contribution in [-0.2, 0) is 17.8 Å². The van der Waals surface area contributed by atoms with Crippen molar-refractivity contribution in [2.75, 3.05) is 5.75 Å². The lowest BCUT2D eigenvalue weighted by atomic mass is 10.2. The van der Waals surface area contributed by atoms with E-state index in [4.69, 9.17) is 5.11 Å². The molecule has 2 rings (SSSR count). The summed E-state index contributed by atoms with van der Waals surface area (Å²) in [5.41, 5.74) is 2.27. The minimum Gasteiger partial charge on any atom is -0.481 e. The highest BCUT2D eigenvalue weighted by Crippen LogP contribution is 2.23. The molecule has 2 aromatic heterocycles. The van der Waals surface area contributed by atoms with E-state index < -0.39 is 5.97 Å². The number of rotatable bonds is 6. The molecular formula is C13H16N2O2S2. The first kappa shape index (κ1) is 14.1. The van der Waals surface area contributed by atoms with Crippen molar-refractivity contribution in [1.82, 2.24) is 9.55 Å². The van der Waals surface area contributed by atoms with Crippen molar-refractivity contribution in [1.29, 1.82) is 0 Å². The smallest absolute Gasteiger partial charge is 0.313 e. The van der Waals surface area contributed by atoms with Crippen LogP contribution in [-0.4, -0.2) is 26.4 Å². The highest BCUT2D eigenvalue weighted by molar-refractivity contribution is 7.99. The molecule has 0 fully saturated rings. The van der Waals surface area contributed by atoms with Crippen LogP contribution in [0.5, 0.6) is 0 Å². The van der Waals surface area contributed by atoms with Crippen molar-refractivity contribution in [3.8, 4) is 0 Å². The van der Waals surface area contributed by atoms with Crippen LogP contribution < -0.4 is 0 Å². The minimum absolute atomic E-state index is 0.0432. The molecule has 0 saturated heterocycles. The lowest BCUT2D eigenvalue weighted by Crippen LogP contribution is -2.03. The van der Waals surface area contributed by atoms with E-state index in [1.54, 1.807) is 11.3 Å². The summed E-state index contributed by atoms with van der Waals surface area (Å²) in [5, 5.41) is 11.6. The summed E-state index contributed by atoms with van der Waals surface area (Å²) >= 11 is 3.01. The first-order valence-corrected chi connectivity index (χ1v) is 7.90. The van der Waals surface area contributed by atoms with Crippen molar-refractivity contribution in [2.45, 2.75) is 32.0 Å². The quantitative estimate of drug-likeness (QED) is 0.832. The molecular weight excluding hydrogens is 280 g/mol. The van der Waals surface area contributed by atoms with E-state index >= 15 is 0 Å². The number of carboxylic acids is 1. The van der Waals surface area contributed by atoms with Crippen molar-refractivity contribution < 1.29 is 9.90 Å². The Labute approximate surface area is 120 Å².